The minimum atomic E-state index is -3.76. The SMILES string of the molecule is COCC(O)CNS(=O)(=O)c1cccnc1N. The summed E-state index contributed by atoms with van der Waals surface area (Å²) in [4.78, 5) is 3.57. The van der Waals surface area contributed by atoms with Crippen LogP contribution in [0, 0.1) is 0 Å². The molecule has 0 saturated carbocycles. The van der Waals surface area contributed by atoms with Gasteiger partial charge in [0.1, 0.15) is 10.7 Å². The molecule has 1 aromatic heterocycles. The van der Waals surface area contributed by atoms with Crippen molar-refractivity contribution in [1.82, 2.24) is 9.71 Å². The minimum absolute atomic E-state index is 0.0467. The molecule has 1 atom stereocenters. The molecule has 0 spiro atoms. The van der Waals surface area contributed by atoms with Crippen molar-refractivity contribution >= 4 is 15.8 Å². The first-order valence-electron chi connectivity index (χ1n) is 4.84. The van der Waals surface area contributed by atoms with Gasteiger partial charge in [0.15, 0.2) is 0 Å². The third-order valence-corrected chi connectivity index (χ3v) is 3.43. The largest absolute Gasteiger partial charge is 0.389 e. The van der Waals surface area contributed by atoms with Crippen LogP contribution in [-0.2, 0) is 14.8 Å². The number of aliphatic hydroxyl groups excluding tert-OH is 1. The number of methoxy groups -OCH3 is 1. The molecule has 1 unspecified atom stereocenters. The second-order valence-corrected chi connectivity index (χ2v) is 5.08. The van der Waals surface area contributed by atoms with Crippen LogP contribution >= 0.6 is 0 Å². The van der Waals surface area contributed by atoms with Crippen LogP contribution in [0.5, 0.6) is 0 Å². The first-order valence-corrected chi connectivity index (χ1v) is 6.33. The fraction of sp³-hybridized carbons (Fsp3) is 0.444. The quantitative estimate of drug-likeness (QED) is 0.602. The lowest BCUT2D eigenvalue weighted by Gasteiger charge is -2.11. The van der Waals surface area contributed by atoms with Gasteiger partial charge in [-0.3, -0.25) is 0 Å². The van der Waals surface area contributed by atoms with Gasteiger partial charge in [-0.15, -0.1) is 0 Å². The van der Waals surface area contributed by atoms with Gasteiger partial charge in [-0.1, -0.05) is 0 Å². The van der Waals surface area contributed by atoms with Crippen LogP contribution in [0.25, 0.3) is 0 Å². The molecule has 7 nitrogen and oxygen atoms in total. The highest BCUT2D eigenvalue weighted by atomic mass is 32.2. The van der Waals surface area contributed by atoms with E-state index < -0.39 is 16.1 Å². The standard InChI is InChI=1S/C9H15N3O4S/c1-16-6-7(13)5-12-17(14,15)8-3-2-4-11-9(8)10/h2-4,7,12-13H,5-6H2,1H3,(H2,10,11). The van der Waals surface area contributed by atoms with Gasteiger partial charge in [0.25, 0.3) is 0 Å². The van der Waals surface area contributed by atoms with Crippen molar-refractivity contribution < 1.29 is 18.3 Å². The Kier molecular flexibility index (Phi) is 4.82. The van der Waals surface area contributed by atoms with Crippen molar-refractivity contribution in [2.75, 3.05) is 26.0 Å². The molecular formula is C9H15N3O4S. The number of rotatable bonds is 6. The molecule has 1 rings (SSSR count). The van der Waals surface area contributed by atoms with Gasteiger partial charge in [-0.25, -0.2) is 18.1 Å². The fourth-order valence-corrected chi connectivity index (χ4v) is 2.32. The number of nitrogens with zero attached hydrogens (tertiary/aromatic N) is 1. The van der Waals surface area contributed by atoms with E-state index in [2.05, 4.69) is 14.4 Å². The average Bonchev–Trinajstić information content (AvgIpc) is 2.27. The number of ether oxygens (including phenoxy) is 1. The zero-order chi connectivity index (χ0) is 12.9. The summed E-state index contributed by atoms with van der Waals surface area (Å²) in [6.45, 7) is -0.102. The third-order valence-electron chi connectivity index (χ3n) is 1.96. The molecule has 96 valence electrons. The maximum atomic E-state index is 11.8. The first-order chi connectivity index (χ1) is 7.97. The summed E-state index contributed by atoms with van der Waals surface area (Å²) in [6.07, 6.45) is 0.487. The van der Waals surface area contributed by atoms with E-state index in [4.69, 9.17) is 5.73 Å². The van der Waals surface area contributed by atoms with Gasteiger partial charge in [0.05, 0.1) is 12.7 Å². The van der Waals surface area contributed by atoms with Gasteiger partial charge < -0.3 is 15.6 Å². The van der Waals surface area contributed by atoms with E-state index in [-0.39, 0.29) is 23.9 Å². The molecule has 8 heteroatoms. The number of sulfonamides is 1. The molecule has 0 amide bonds. The predicted octanol–water partition coefficient (Wildman–Crippen LogP) is -1.05. The Labute approximate surface area is 99.7 Å². The van der Waals surface area contributed by atoms with Crippen LogP contribution in [0.4, 0.5) is 5.82 Å². The van der Waals surface area contributed by atoms with Gasteiger partial charge in [-0.05, 0) is 12.1 Å². The molecular weight excluding hydrogens is 246 g/mol. The molecule has 0 radical (unpaired) electrons. The predicted molar refractivity (Wildman–Crippen MR) is 61.7 cm³/mol. The highest BCUT2D eigenvalue weighted by molar-refractivity contribution is 7.89. The van der Waals surface area contributed by atoms with Crippen molar-refractivity contribution in [3.8, 4) is 0 Å². The van der Waals surface area contributed by atoms with Crippen LogP contribution in [0.1, 0.15) is 0 Å². The summed E-state index contributed by atoms with van der Waals surface area (Å²) >= 11 is 0. The number of hydrogen-bond donors (Lipinski definition) is 3. The number of anilines is 1. The average molecular weight is 261 g/mol. The van der Waals surface area contributed by atoms with Crippen LogP contribution in [0.2, 0.25) is 0 Å². The molecule has 0 aromatic carbocycles. The summed E-state index contributed by atoms with van der Waals surface area (Å²) in [5, 5.41) is 9.33. The maximum Gasteiger partial charge on any atom is 0.244 e. The first kappa shape index (κ1) is 13.8. The Morgan fingerprint density at radius 2 is 2.35 bits per heavy atom. The van der Waals surface area contributed by atoms with Gasteiger partial charge in [0.2, 0.25) is 10.0 Å². The summed E-state index contributed by atoms with van der Waals surface area (Å²) in [7, 11) is -2.34. The van der Waals surface area contributed by atoms with E-state index in [0.29, 0.717) is 0 Å². The molecule has 0 aliphatic carbocycles. The molecule has 0 aliphatic rings. The normalized spacial score (nSPS) is 13.5. The van der Waals surface area contributed by atoms with Crippen LogP contribution in [0.15, 0.2) is 23.2 Å². The fourth-order valence-electron chi connectivity index (χ4n) is 1.16. The molecule has 0 bridgehead atoms. The van der Waals surface area contributed by atoms with Crippen molar-refractivity contribution in [3.63, 3.8) is 0 Å². The lowest BCUT2D eigenvalue weighted by molar-refractivity contribution is 0.0679. The second-order valence-electron chi connectivity index (χ2n) is 3.35. The summed E-state index contributed by atoms with van der Waals surface area (Å²) in [6, 6.07) is 2.81. The lowest BCUT2D eigenvalue weighted by atomic mass is 10.4. The number of pyridine rings is 1. The number of nitrogen functional groups attached to an aromatic ring is 1. The monoisotopic (exact) mass is 261 g/mol. The van der Waals surface area contributed by atoms with E-state index in [1.54, 1.807) is 0 Å². The van der Waals surface area contributed by atoms with Gasteiger partial charge in [0, 0.05) is 19.9 Å². The van der Waals surface area contributed by atoms with E-state index in [9.17, 15) is 13.5 Å². The van der Waals surface area contributed by atoms with Crippen LogP contribution in [0.3, 0.4) is 0 Å². The number of nitrogens with one attached hydrogen (secondary N) is 1. The smallest absolute Gasteiger partial charge is 0.244 e. The van der Waals surface area contributed by atoms with Crippen molar-refractivity contribution in [2.24, 2.45) is 0 Å². The van der Waals surface area contributed by atoms with Crippen molar-refractivity contribution in [2.45, 2.75) is 11.0 Å². The molecule has 17 heavy (non-hydrogen) atoms. The van der Waals surface area contributed by atoms with E-state index in [0.717, 1.165) is 0 Å². The summed E-state index contributed by atoms with van der Waals surface area (Å²) in [5.74, 6) is -0.0822. The Morgan fingerprint density at radius 3 is 2.94 bits per heavy atom. The zero-order valence-electron chi connectivity index (χ0n) is 9.33. The topological polar surface area (TPSA) is 115 Å². The highest BCUT2D eigenvalue weighted by Crippen LogP contribution is 2.13. The summed E-state index contributed by atoms with van der Waals surface area (Å²) in [5.41, 5.74) is 5.45. The molecule has 4 N–H and O–H groups in total. The minimum Gasteiger partial charge on any atom is -0.389 e. The molecule has 1 aromatic rings. The van der Waals surface area contributed by atoms with E-state index >= 15 is 0 Å². The summed E-state index contributed by atoms with van der Waals surface area (Å²) < 4.78 is 30.5. The number of nitrogens with two attached hydrogens (primary N) is 1. The number of hydrogen-bond acceptors (Lipinski definition) is 6. The van der Waals surface area contributed by atoms with Crippen molar-refractivity contribution in [1.29, 1.82) is 0 Å². The number of aliphatic hydroxyl groups is 1. The Hall–Kier alpha value is -1.22. The highest BCUT2D eigenvalue weighted by Gasteiger charge is 2.18. The van der Waals surface area contributed by atoms with Crippen LogP contribution in [-0.4, -0.2) is 44.9 Å². The Balaban J connectivity index is 2.73. The lowest BCUT2D eigenvalue weighted by Crippen LogP contribution is -2.34. The third kappa shape index (κ3) is 3.93. The second kappa shape index (κ2) is 5.92. The van der Waals surface area contributed by atoms with Crippen molar-refractivity contribution in [3.05, 3.63) is 18.3 Å². The Morgan fingerprint density at radius 1 is 1.65 bits per heavy atom. The van der Waals surface area contributed by atoms with Crippen LogP contribution < -0.4 is 10.5 Å². The molecule has 0 saturated heterocycles. The molecule has 0 aliphatic heterocycles. The number of aromatic nitrogens is 1. The van der Waals surface area contributed by atoms with Gasteiger partial charge in [-0.2, -0.15) is 0 Å². The molecule has 1 heterocycles. The Bertz CT molecular complexity index is 463. The van der Waals surface area contributed by atoms with Gasteiger partial charge >= 0.3 is 0 Å². The van der Waals surface area contributed by atoms with E-state index in [1.165, 1.54) is 25.4 Å². The molecule has 0 fully saturated rings. The maximum absolute atomic E-state index is 11.8. The zero-order valence-corrected chi connectivity index (χ0v) is 10.1. The van der Waals surface area contributed by atoms with E-state index in [1.807, 2.05) is 0 Å².